The van der Waals surface area contributed by atoms with Crippen LogP contribution in [0, 0.1) is 0 Å². The summed E-state index contributed by atoms with van der Waals surface area (Å²) < 4.78 is 0. The molecule has 0 radical (unpaired) electrons. The third-order valence-electron chi connectivity index (χ3n) is 4.48. The Morgan fingerprint density at radius 2 is 1.62 bits per heavy atom. The summed E-state index contributed by atoms with van der Waals surface area (Å²) >= 11 is 1.36. The molecule has 0 aliphatic heterocycles. The fourth-order valence-corrected chi connectivity index (χ4v) is 3.77. The first-order valence-electron chi connectivity index (χ1n) is 9.27. The second-order valence-corrected chi connectivity index (χ2v) is 7.40. The van der Waals surface area contributed by atoms with Gasteiger partial charge in [0.1, 0.15) is 0 Å². The van der Waals surface area contributed by atoms with Crippen LogP contribution in [0.4, 0.5) is 10.8 Å². The van der Waals surface area contributed by atoms with Crippen molar-refractivity contribution in [1.29, 1.82) is 0 Å². The molecule has 0 atom stereocenters. The minimum Gasteiger partial charge on any atom is -0.326 e. The number of amides is 2. The fourth-order valence-electron chi connectivity index (χ4n) is 3.03. The summed E-state index contributed by atoms with van der Waals surface area (Å²) in [4.78, 5) is 29.0. The number of rotatable bonds is 6. The summed E-state index contributed by atoms with van der Waals surface area (Å²) in [5.41, 5.74) is 2.17. The molecular formula is C23H19N3O2S. The van der Waals surface area contributed by atoms with E-state index in [4.69, 9.17) is 0 Å². The van der Waals surface area contributed by atoms with Gasteiger partial charge in [-0.1, -0.05) is 54.6 Å². The number of carbonyl (C=O) groups is 2. The van der Waals surface area contributed by atoms with Gasteiger partial charge >= 0.3 is 0 Å². The van der Waals surface area contributed by atoms with Crippen molar-refractivity contribution in [2.24, 2.45) is 0 Å². The van der Waals surface area contributed by atoms with Gasteiger partial charge in [0.15, 0.2) is 5.13 Å². The summed E-state index contributed by atoms with van der Waals surface area (Å²) in [5.74, 6) is -0.260. The lowest BCUT2D eigenvalue weighted by Gasteiger charge is -2.08. The van der Waals surface area contributed by atoms with Crippen molar-refractivity contribution in [3.05, 3.63) is 89.4 Å². The molecule has 0 saturated heterocycles. The molecule has 0 fully saturated rings. The number of aromatic nitrogens is 1. The van der Waals surface area contributed by atoms with Gasteiger partial charge in [0.2, 0.25) is 5.91 Å². The van der Waals surface area contributed by atoms with Gasteiger partial charge < -0.3 is 5.32 Å². The lowest BCUT2D eigenvalue weighted by atomic mass is 10.1. The number of hydrogen-bond donors (Lipinski definition) is 2. The molecule has 6 heteroatoms. The third-order valence-corrected chi connectivity index (χ3v) is 5.29. The summed E-state index contributed by atoms with van der Waals surface area (Å²) in [7, 11) is 0. The van der Waals surface area contributed by atoms with Gasteiger partial charge in [0, 0.05) is 28.4 Å². The molecule has 0 unspecified atom stereocenters. The van der Waals surface area contributed by atoms with Crippen molar-refractivity contribution in [1.82, 2.24) is 4.98 Å². The number of benzene rings is 3. The number of nitrogens with one attached hydrogen (secondary N) is 2. The SMILES string of the molecule is O=C(CCc1csc(NC(=O)c2ccccc2)n1)Nc1cccc2ccccc12. The highest BCUT2D eigenvalue weighted by molar-refractivity contribution is 7.14. The number of nitrogens with zero attached hydrogens (tertiary/aromatic N) is 1. The summed E-state index contributed by atoms with van der Waals surface area (Å²) in [6, 6.07) is 22.8. The van der Waals surface area contributed by atoms with E-state index in [1.807, 2.05) is 66.0 Å². The molecule has 1 aromatic heterocycles. The molecule has 4 aromatic rings. The number of carbonyl (C=O) groups excluding carboxylic acids is 2. The van der Waals surface area contributed by atoms with Gasteiger partial charge in [-0.15, -0.1) is 11.3 Å². The van der Waals surface area contributed by atoms with Crippen molar-refractivity contribution in [3.8, 4) is 0 Å². The predicted molar refractivity (Wildman–Crippen MR) is 117 cm³/mol. The van der Waals surface area contributed by atoms with Crippen molar-refractivity contribution >= 4 is 44.7 Å². The second-order valence-electron chi connectivity index (χ2n) is 6.54. The molecule has 2 N–H and O–H groups in total. The van der Waals surface area contributed by atoms with Crippen LogP contribution < -0.4 is 10.6 Å². The maximum absolute atomic E-state index is 12.4. The quantitative estimate of drug-likeness (QED) is 0.471. The van der Waals surface area contributed by atoms with E-state index < -0.39 is 0 Å². The predicted octanol–water partition coefficient (Wildman–Crippen LogP) is 5.12. The molecule has 0 bridgehead atoms. The molecule has 0 aliphatic rings. The van der Waals surface area contributed by atoms with E-state index in [1.54, 1.807) is 12.1 Å². The lowest BCUT2D eigenvalue weighted by Crippen LogP contribution is -2.13. The molecule has 144 valence electrons. The minimum absolute atomic E-state index is 0.0655. The van der Waals surface area contributed by atoms with Gasteiger partial charge in [-0.3, -0.25) is 14.9 Å². The van der Waals surface area contributed by atoms with Crippen LogP contribution in [0.2, 0.25) is 0 Å². The standard InChI is InChI=1S/C23H19N3O2S/c27-21(25-20-12-6-10-16-7-4-5-11-19(16)20)14-13-18-15-29-23(24-18)26-22(28)17-8-2-1-3-9-17/h1-12,15H,13-14H2,(H,25,27)(H,24,26,28). The maximum Gasteiger partial charge on any atom is 0.257 e. The molecule has 0 saturated carbocycles. The number of anilines is 2. The highest BCUT2D eigenvalue weighted by Gasteiger charge is 2.11. The molecule has 0 aliphatic carbocycles. The van der Waals surface area contributed by atoms with Crippen LogP contribution in [-0.2, 0) is 11.2 Å². The molecular weight excluding hydrogens is 382 g/mol. The van der Waals surface area contributed by atoms with Crippen molar-refractivity contribution < 1.29 is 9.59 Å². The normalized spacial score (nSPS) is 10.6. The molecule has 3 aromatic carbocycles. The van der Waals surface area contributed by atoms with Crippen LogP contribution in [0.1, 0.15) is 22.5 Å². The van der Waals surface area contributed by atoms with E-state index in [0.29, 0.717) is 23.5 Å². The largest absolute Gasteiger partial charge is 0.326 e. The zero-order valence-corrected chi connectivity index (χ0v) is 16.4. The van der Waals surface area contributed by atoms with Gasteiger partial charge in [0.25, 0.3) is 5.91 Å². The fraction of sp³-hybridized carbons (Fsp3) is 0.0870. The van der Waals surface area contributed by atoms with Gasteiger partial charge in [0.05, 0.1) is 5.69 Å². The smallest absolute Gasteiger partial charge is 0.257 e. The minimum atomic E-state index is -0.194. The first-order chi connectivity index (χ1) is 14.2. The molecule has 0 spiro atoms. The summed E-state index contributed by atoms with van der Waals surface area (Å²) in [6.07, 6.45) is 0.827. The number of aryl methyl sites for hydroxylation is 1. The Morgan fingerprint density at radius 3 is 2.48 bits per heavy atom. The maximum atomic E-state index is 12.4. The molecule has 4 rings (SSSR count). The molecule has 1 heterocycles. The number of fused-ring (bicyclic) bond motifs is 1. The van der Waals surface area contributed by atoms with Crippen molar-refractivity contribution in [2.75, 3.05) is 10.6 Å². The first kappa shape index (κ1) is 18.8. The zero-order chi connectivity index (χ0) is 20.1. The third kappa shape index (κ3) is 4.67. The van der Waals surface area contributed by atoms with Crippen LogP contribution in [0.25, 0.3) is 10.8 Å². The highest BCUT2D eigenvalue weighted by atomic mass is 32.1. The van der Waals surface area contributed by atoms with Crippen LogP contribution in [0.5, 0.6) is 0 Å². The number of thiazole rings is 1. The van der Waals surface area contributed by atoms with Gasteiger partial charge in [-0.2, -0.15) is 0 Å². The van der Waals surface area contributed by atoms with Crippen molar-refractivity contribution in [2.45, 2.75) is 12.8 Å². The Hall–Kier alpha value is -3.51. The average Bonchev–Trinajstić information content (AvgIpc) is 3.20. The Bertz CT molecular complexity index is 1150. The molecule has 29 heavy (non-hydrogen) atoms. The van der Waals surface area contributed by atoms with Crippen molar-refractivity contribution in [3.63, 3.8) is 0 Å². The van der Waals surface area contributed by atoms with Crippen LogP contribution in [0.3, 0.4) is 0 Å². The number of hydrogen-bond acceptors (Lipinski definition) is 4. The van der Waals surface area contributed by atoms with Crippen LogP contribution in [0.15, 0.2) is 78.2 Å². The summed E-state index contributed by atoms with van der Waals surface area (Å²) in [6.45, 7) is 0. The topological polar surface area (TPSA) is 71.1 Å². The lowest BCUT2D eigenvalue weighted by molar-refractivity contribution is -0.116. The Morgan fingerprint density at radius 1 is 0.862 bits per heavy atom. The van der Waals surface area contributed by atoms with Crippen LogP contribution in [-0.4, -0.2) is 16.8 Å². The molecule has 5 nitrogen and oxygen atoms in total. The second kappa shape index (κ2) is 8.67. The first-order valence-corrected chi connectivity index (χ1v) is 10.2. The van der Waals surface area contributed by atoms with Crippen LogP contribution >= 0.6 is 11.3 Å². The van der Waals surface area contributed by atoms with Gasteiger partial charge in [-0.05, 0) is 30.0 Å². The van der Waals surface area contributed by atoms with E-state index in [-0.39, 0.29) is 11.8 Å². The molecule has 2 amide bonds. The average molecular weight is 401 g/mol. The Labute approximate surface area is 172 Å². The monoisotopic (exact) mass is 401 g/mol. The van der Waals surface area contributed by atoms with E-state index in [0.717, 1.165) is 22.2 Å². The Balaban J connectivity index is 1.33. The van der Waals surface area contributed by atoms with E-state index >= 15 is 0 Å². The Kier molecular flexibility index (Phi) is 5.63. The van der Waals surface area contributed by atoms with E-state index in [1.165, 1.54) is 11.3 Å². The zero-order valence-electron chi connectivity index (χ0n) is 15.6. The summed E-state index contributed by atoms with van der Waals surface area (Å²) in [5, 5.41) is 10.3. The van der Waals surface area contributed by atoms with Gasteiger partial charge in [-0.25, -0.2) is 4.98 Å². The highest BCUT2D eigenvalue weighted by Crippen LogP contribution is 2.23. The van der Waals surface area contributed by atoms with E-state index in [9.17, 15) is 9.59 Å². The van der Waals surface area contributed by atoms with E-state index in [2.05, 4.69) is 15.6 Å².